The van der Waals surface area contributed by atoms with Crippen molar-refractivity contribution in [2.45, 2.75) is 26.2 Å². The van der Waals surface area contributed by atoms with E-state index in [-0.39, 0.29) is 18.1 Å². The van der Waals surface area contributed by atoms with Crippen molar-refractivity contribution in [3.8, 4) is 0 Å². The Balaban J connectivity index is 1.90. The third kappa shape index (κ3) is 3.90. The molecule has 2 heterocycles. The van der Waals surface area contributed by atoms with Crippen LogP contribution in [0.25, 0.3) is 16.5 Å². The first-order valence-corrected chi connectivity index (χ1v) is 10.8. The summed E-state index contributed by atoms with van der Waals surface area (Å²) in [5.41, 5.74) is 2.62. The quantitative estimate of drug-likeness (QED) is 0.505. The Kier molecular flexibility index (Phi) is 5.47. The van der Waals surface area contributed by atoms with Gasteiger partial charge in [-0.05, 0) is 48.9 Å². The lowest BCUT2D eigenvalue weighted by Crippen LogP contribution is -2.36. The fourth-order valence-electron chi connectivity index (χ4n) is 4.10. The van der Waals surface area contributed by atoms with Crippen molar-refractivity contribution >= 4 is 44.3 Å². The van der Waals surface area contributed by atoms with Crippen LogP contribution in [-0.2, 0) is 14.9 Å². The minimum Gasteiger partial charge on any atom is -0.462 e. The SMILES string of the molecule is CCOC(=O)C1=CN(C(=O)c2ccc(F)cc2)CC(C)(C)c2c1[nH]c1cc(Br)ccc21. The molecular weight excluding hydrogens is 463 g/mol. The van der Waals surface area contributed by atoms with E-state index in [2.05, 4.69) is 20.9 Å². The number of benzene rings is 2. The Bertz CT molecular complexity index is 1210. The predicted octanol–water partition coefficient (Wildman–Crippen LogP) is 5.41. The molecule has 160 valence electrons. The first-order chi connectivity index (χ1) is 14.7. The number of H-pyrrole nitrogens is 1. The van der Waals surface area contributed by atoms with E-state index in [9.17, 15) is 14.0 Å². The highest BCUT2D eigenvalue weighted by Gasteiger charge is 2.37. The van der Waals surface area contributed by atoms with Gasteiger partial charge < -0.3 is 14.6 Å². The number of ether oxygens (including phenoxy) is 1. The molecule has 1 aliphatic heterocycles. The molecule has 0 bridgehead atoms. The molecule has 1 N–H and O–H groups in total. The van der Waals surface area contributed by atoms with E-state index >= 15 is 0 Å². The van der Waals surface area contributed by atoms with Crippen molar-refractivity contribution < 1.29 is 18.7 Å². The molecule has 0 radical (unpaired) electrons. The van der Waals surface area contributed by atoms with E-state index in [0.717, 1.165) is 20.9 Å². The maximum atomic E-state index is 13.3. The van der Waals surface area contributed by atoms with Crippen molar-refractivity contribution in [3.63, 3.8) is 0 Å². The van der Waals surface area contributed by atoms with E-state index in [1.54, 1.807) is 13.1 Å². The number of hydrogen-bond acceptors (Lipinski definition) is 3. The summed E-state index contributed by atoms with van der Waals surface area (Å²) in [6.45, 7) is 6.36. The average Bonchev–Trinajstić information content (AvgIpc) is 3.04. The minimum absolute atomic E-state index is 0.215. The molecule has 31 heavy (non-hydrogen) atoms. The molecule has 0 fully saturated rings. The lowest BCUT2D eigenvalue weighted by atomic mass is 9.81. The smallest absolute Gasteiger partial charge is 0.341 e. The van der Waals surface area contributed by atoms with Crippen molar-refractivity contribution in [1.82, 2.24) is 9.88 Å². The zero-order chi connectivity index (χ0) is 22.3. The van der Waals surface area contributed by atoms with Crippen LogP contribution in [0.3, 0.4) is 0 Å². The fourth-order valence-corrected chi connectivity index (χ4v) is 4.46. The van der Waals surface area contributed by atoms with Gasteiger partial charge in [-0.15, -0.1) is 0 Å². The van der Waals surface area contributed by atoms with Gasteiger partial charge in [0.05, 0.1) is 17.9 Å². The molecule has 0 spiro atoms. The highest BCUT2D eigenvalue weighted by molar-refractivity contribution is 9.10. The van der Waals surface area contributed by atoms with Crippen LogP contribution >= 0.6 is 15.9 Å². The summed E-state index contributed by atoms with van der Waals surface area (Å²) in [5, 5.41) is 0.981. The molecule has 0 unspecified atom stereocenters. The van der Waals surface area contributed by atoms with Crippen LogP contribution in [0, 0.1) is 5.82 Å². The van der Waals surface area contributed by atoms with E-state index in [0.29, 0.717) is 17.8 Å². The van der Waals surface area contributed by atoms with Gasteiger partial charge in [0, 0.05) is 39.1 Å². The van der Waals surface area contributed by atoms with Gasteiger partial charge >= 0.3 is 5.97 Å². The first-order valence-electron chi connectivity index (χ1n) is 9.99. The third-order valence-corrected chi connectivity index (χ3v) is 5.90. The Hall–Kier alpha value is -2.93. The zero-order valence-corrected chi connectivity index (χ0v) is 19.0. The van der Waals surface area contributed by atoms with Crippen molar-refractivity contribution in [1.29, 1.82) is 0 Å². The van der Waals surface area contributed by atoms with Gasteiger partial charge in [0.2, 0.25) is 0 Å². The summed E-state index contributed by atoms with van der Waals surface area (Å²) >= 11 is 3.49. The lowest BCUT2D eigenvalue weighted by molar-refractivity contribution is -0.136. The molecule has 1 amide bonds. The number of amides is 1. The van der Waals surface area contributed by atoms with Crippen molar-refractivity contribution in [2.75, 3.05) is 13.2 Å². The molecule has 5 nitrogen and oxygen atoms in total. The van der Waals surface area contributed by atoms with E-state index < -0.39 is 17.2 Å². The van der Waals surface area contributed by atoms with Crippen LogP contribution in [0.2, 0.25) is 0 Å². The van der Waals surface area contributed by atoms with Crippen LogP contribution in [-0.4, -0.2) is 34.9 Å². The zero-order valence-electron chi connectivity index (χ0n) is 17.5. The van der Waals surface area contributed by atoms with Crippen LogP contribution in [0.1, 0.15) is 42.4 Å². The van der Waals surface area contributed by atoms with Crippen LogP contribution in [0.5, 0.6) is 0 Å². The number of esters is 1. The number of fused-ring (bicyclic) bond motifs is 3. The van der Waals surface area contributed by atoms with E-state index in [4.69, 9.17) is 4.74 Å². The van der Waals surface area contributed by atoms with Crippen LogP contribution in [0.15, 0.2) is 53.1 Å². The standard InChI is InChI=1S/C24H22BrFN2O3/c1-4-31-23(30)18-12-28(22(29)14-5-8-16(26)9-6-14)13-24(2,3)20-17-10-7-15(25)11-19(17)27-21(18)20/h5-12,27H,4,13H2,1-3H3. The topological polar surface area (TPSA) is 62.4 Å². The highest BCUT2D eigenvalue weighted by atomic mass is 79.9. The molecule has 0 aliphatic carbocycles. The van der Waals surface area contributed by atoms with Crippen LogP contribution < -0.4 is 0 Å². The van der Waals surface area contributed by atoms with Gasteiger partial charge in [0.1, 0.15) is 5.82 Å². The Morgan fingerprint density at radius 3 is 2.58 bits per heavy atom. The number of rotatable bonds is 3. The molecule has 4 rings (SSSR count). The average molecular weight is 485 g/mol. The summed E-state index contributed by atoms with van der Waals surface area (Å²) in [4.78, 5) is 31.0. The summed E-state index contributed by atoms with van der Waals surface area (Å²) in [6.07, 6.45) is 1.54. The lowest BCUT2D eigenvalue weighted by Gasteiger charge is -2.29. The molecule has 7 heteroatoms. The second-order valence-corrected chi connectivity index (χ2v) is 9.07. The summed E-state index contributed by atoms with van der Waals surface area (Å²) in [6, 6.07) is 11.3. The monoisotopic (exact) mass is 484 g/mol. The second kappa shape index (κ2) is 7.96. The third-order valence-electron chi connectivity index (χ3n) is 5.40. The highest BCUT2D eigenvalue weighted by Crippen LogP contribution is 2.41. The molecule has 2 aromatic carbocycles. The van der Waals surface area contributed by atoms with Gasteiger partial charge in [-0.1, -0.05) is 35.8 Å². The number of carbonyl (C=O) groups is 2. The molecule has 0 atom stereocenters. The maximum Gasteiger partial charge on any atom is 0.341 e. The normalized spacial score (nSPS) is 15.3. The predicted molar refractivity (Wildman–Crippen MR) is 121 cm³/mol. The molecular formula is C24H22BrFN2O3. The van der Waals surface area contributed by atoms with Gasteiger partial charge in [-0.3, -0.25) is 4.79 Å². The Morgan fingerprint density at radius 2 is 1.90 bits per heavy atom. The molecule has 1 aromatic heterocycles. The second-order valence-electron chi connectivity index (χ2n) is 8.15. The maximum absolute atomic E-state index is 13.3. The summed E-state index contributed by atoms with van der Waals surface area (Å²) in [5.74, 6) is -1.24. The van der Waals surface area contributed by atoms with Crippen molar-refractivity contribution in [2.24, 2.45) is 0 Å². The number of aromatic amines is 1. The van der Waals surface area contributed by atoms with Gasteiger partial charge in [-0.25, -0.2) is 9.18 Å². The molecule has 0 saturated heterocycles. The number of nitrogens with zero attached hydrogens (tertiary/aromatic N) is 1. The van der Waals surface area contributed by atoms with Crippen LogP contribution in [0.4, 0.5) is 4.39 Å². The molecule has 0 saturated carbocycles. The first kappa shape index (κ1) is 21.3. The number of carbonyl (C=O) groups excluding carboxylic acids is 2. The number of halogens is 2. The summed E-state index contributed by atoms with van der Waals surface area (Å²) in [7, 11) is 0. The summed E-state index contributed by atoms with van der Waals surface area (Å²) < 4.78 is 19.6. The number of nitrogens with one attached hydrogen (secondary N) is 1. The fraction of sp³-hybridized carbons (Fsp3) is 0.250. The van der Waals surface area contributed by atoms with Crippen molar-refractivity contribution in [3.05, 3.63) is 75.8 Å². The molecule has 1 aliphatic rings. The number of hydrogen-bond donors (Lipinski definition) is 1. The van der Waals surface area contributed by atoms with Gasteiger partial charge in [-0.2, -0.15) is 0 Å². The van der Waals surface area contributed by atoms with E-state index in [1.807, 2.05) is 32.0 Å². The largest absolute Gasteiger partial charge is 0.462 e. The van der Waals surface area contributed by atoms with Gasteiger partial charge in [0.25, 0.3) is 5.91 Å². The minimum atomic E-state index is -0.510. The Morgan fingerprint density at radius 1 is 1.19 bits per heavy atom. The molecule has 3 aromatic rings. The Labute approximate surface area is 188 Å². The van der Waals surface area contributed by atoms with E-state index in [1.165, 1.54) is 29.2 Å². The van der Waals surface area contributed by atoms with Gasteiger partial charge in [0.15, 0.2) is 0 Å². The number of aromatic nitrogens is 1.